The average molecular weight is 443 g/mol. The lowest BCUT2D eigenvalue weighted by Crippen LogP contribution is -2.47. The van der Waals surface area contributed by atoms with Gasteiger partial charge in [-0.15, -0.1) is 0 Å². The zero-order chi connectivity index (χ0) is 22.3. The molecule has 6 rings (SSSR count). The van der Waals surface area contributed by atoms with E-state index in [9.17, 15) is 4.79 Å². The number of fused-ring (bicyclic) bond motifs is 1. The molecule has 0 aliphatic carbocycles. The van der Waals surface area contributed by atoms with Crippen LogP contribution in [0.15, 0.2) is 78.9 Å². The van der Waals surface area contributed by atoms with E-state index in [-0.39, 0.29) is 5.91 Å². The van der Waals surface area contributed by atoms with Gasteiger partial charge in [0.15, 0.2) is 17.3 Å². The topological polar surface area (TPSA) is 57.2 Å². The highest BCUT2D eigenvalue weighted by atomic mass is 16.7. The molecule has 3 heterocycles. The second-order valence-corrected chi connectivity index (χ2v) is 8.61. The summed E-state index contributed by atoms with van der Waals surface area (Å²) in [6.07, 6.45) is 1.38. The molecule has 0 N–H and O–H groups in total. The Labute approximate surface area is 192 Å². The molecule has 168 valence electrons. The van der Waals surface area contributed by atoms with Crippen molar-refractivity contribution in [2.75, 3.05) is 26.3 Å². The number of amides is 1. The van der Waals surface area contributed by atoms with Crippen molar-refractivity contribution in [3.63, 3.8) is 0 Å². The van der Waals surface area contributed by atoms with Crippen molar-refractivity contribution in [3.05, 3.63) is 95.6 Å². The maximum Gasteiger partial charge on any atom is 0.305 e. The van der Waals surface area contributed by atoms with E-state index in [4.69, 9.17) is 18.9 Å². The van der Waals surface area contributed by atoms with E-state index >= 15 is 0 Å². The Hall–Kier alpha value is -3.35. The number of rotatable bonds is 3. The fourth-order valence-corrected chi connectivity index (χ4v) is 4.87. The second kappa shape index (κ2) is 7.90. The molecule has 6 nitrogen and oxygen atoms in total. The minimum absolute atomic E-state index is 0.0221. The summed E-state index contributed by atoms with van der Waals surface area (Å²) < 4.78 is 24.5. The van der Waals surface area contributed by atoms with E-state index in [0.29, 0.717) is 56.2 Å². The van der Waals surface area contributed by atoms with Gasteiger partial charge >= 0.3 is 5.79 Å². The van der Waals surface area contributed by atoms with Crippen LogP contribution in [0.3, 0.4) is 0 Å². The molecule has 0 radical (unpaired) electrons. The molecule has 3 aliphatic heterocycles. The van der Waals surface area contributed by atoms with Gasteiger partial charge < -0.3 is 23.8 Å². The quantitative estimate of drug-likeness (QED) is 0.603. The van der Waals surface area contributed by atoms with Crippen molar-refractivity contribution in [1.29, 1.82) is 0 Å². The maximum atomic E-state index is 13.3. The van der Waals surface area contributed by atoms with Gasteiger partial charge in [0.2, 0.25) is 0 Å². The predicted molar refractivity (Wildman–Crippen MR) is 121 cm³/mol. The van der Waals surface area contributed by atoms with Crippen molar-refractivity contribution in [3.8, 4) is 11.5 Å². The van der Waals surface area contributed by atoms with Crippen LogP contribution in [0.1, 0.15) is 34.3 Å². The number of nitrogens with zero attached hydrogens (tertiary/aromatic N) is 1. The van der Waals surface area contributed by atoms with Crippen molar-refractivity contribution in [2.45, 2.75) is 24.4 Å². The molecule has 6 heteroatoms. The molecule has 2 fully saturated rings. The Bertz CT molecular complexity index is 1110. The Kier molecular flexibility index (Phi) is 4.85. The van der Waals surface area contributed by atoms with Gasteiger partial charge in [-0.05, 0) is 18.2 Å². The second-order valence-electron chi connectivity index (χ2n) is 8.61. The lowest BCUT2D eigenvalue weighted by atomic mass is 9.97. The summed E-state index contributed by atoms with van der Waals surface area (Å²) in [5.74, 6) is -0.446. The minimum atomic E-state index is -1.10. The van der Waals surface area contributed by atoms with Crippen LogP contribution in [0.25, 0.3) is 0 Å². The summed E-state index contributed by atoms with van der Waals surface area (Å²) in [5, 5.41) is 0. The summed E-state index contributed by atoms with van der Waals surface area (Å²) >= 11 is 0. The van der Waals surface area contributed by atoms with Crippen molar-refractivity contribution < 1.29 is 23.7 Å². The summed E-state index contributed by atoms with van der Waals surface area (Å²) in [5.41, 5.74) is 2.36. The average Bonchev–Trinajstić information content (AvgIpc) is 3.50. The number of hydrogen-bond donors (Lipinski definition) is 0. The van der Waals surface area contributed by atoms with Crippen LogP contribution in [-0.2, 0) is 15.3 Å². The number of piperidine rings is 1. The minimum Gasteiger partial charge on any atom is -0.440 e. The van der Waals surface area contributed by atoms with Gasteiger partial charge in [-0.3, -0.25) is 4.79 Å². The Morgan fingerprint density at radius 1 is 0.727 bits per heavy atom. The maximum absolute atomic E-state index is 13.3. The fraction of sp³-hybridized carbons (Fsp3) is 0.296. The summed E-state index contributed by atoms with van der Waals surface area (Å²) in [6, 6.07) is 25.2. The Balaban J connectivity index is 1.27. The molecule has 0 saturated carbocycles. The van der Waals surface area contributed by atoms with E-state index in [1.54, 1.807) is 6.07 Å². The number of carbonyl (C=O) groups is 1. The molecule has 3 aromatic carbocycles. The molecule has 0 unspecified atom stereocenters. The van der Waals surface area contributed by atoms with Crippen LogP contribution in [0.4, 0.5) is 0 Å². The monoisotopic (exact) mass is 443 g/mol. The van der Waals surface area contributed by atoms with Crippen LogP contribution >= 0.6 is 0 Å². The first-order chi connectivity index (χ1) is 16.2. The molecule has 2 saturated heterocycles. The lowest BCUT2D eigenvalue weighted by Gasteiger charge is -2.37. The fourth-order valence-electron chi connectivity index (χ4n) is 4.87. The van der Waals surface area contributed by atoms with Crippen LogP contribution in [0.5, 0.6) is 11.5 Å². The van der Waals surface area contributed by atoms with E-state index in [1.807, 2.05) is 77.7 Å². The molecule has 3 aliphatic rings. The Morgan fingerprint density at radius 2 is 1.30 bits per heavy atom. The number of hydrogen-bond acceptors (Lipinski definition) is 5. The molecule has 3 aromatic rings. The Morgan fingerprint density at radius 3 is 1.91 bits per heavy atom. The molecular formula is C27H25NO5. The summed E-state index contributed by atoms with van der Waals surface area (Å²) in [4.78, 5) is 15.1. The van der Waals surface area contributed by atoms with Gasteiger partial charge in [0.25, 0.3) is 5.91 Å². The van der Waals surface area contributed by atoms with Gasteiger partial charge in [0.05, 0.1) is 13.2 Å². The van der Waals surface area contributed by atoms with Crippen LogP contribution in [-0.4, -0.2) is 42.9 Å². The summed E-state index contributed by atoms with van der Waals surface area (Å²) in [6.45, 7) is 2.46. The van der Waals surface area contributed by atoms with Gasteiger partial charge in [-0.2, -0.15) is 0 Å². The van der Waals surface area contributed by atoms with E-state index in [0.717, 1.165) is 11.1 Å². The molecule has 1 spiro atoms. The predicted octanol–water partition coefficient (Wildman–Crippen LogP) is 4.34. The highest BCUT2D eigenvalue weighted by Crippen LogP contribution is 2.48. The number of benzene rings is 3. The van der Waals surface area contributed by atoms with Crippen LogP contribution in [0.2, 0.25) is 0 Å². The third kappa shape index (κ3) is 3.46. The van der Waals surface area contributed by atoms with Crippen molar-refractivity contribution >= 4 is 5.91 Å². The first-order valence-electron chi connectivity index (χ1n) is 11.4. The lowest BCUT2D eigenvalue weighted by molar-refractivity contribution is -0.181. The van der Waals surface area contributed by atoms with Gasteiger partial charge in [0, 0.05) is 42.6 Å². The largest absolute Gasteiger partial charge is 0.440 e. The van der Waals surface area contributed by atoms with Gasteiger partial charge in [-0.25, -0.2) is 0 Å². The number of likely N-dealkylation sites (tertiary alicyclic amines) is 1. The van der Waals surface area contributed by atoms with Crippen LogP contribution < -0.4 is 9.47 Å². The third-order valence-electron chi connectivity index (χ3n) is 6.63. The first kappa shape index (κ1) is 20.3. The normalized spacial score (nSPS) is 20.2. The molecular weight excluding hydrogens is 418 g/mol. The zero-order valence-electron chi connectivity index (χ0n) is 18.2. The van der Waals surface area contributed by atoms with Gasteiger partial charge in [0.1, 0.15) is 0 Å². The summed E-state index contributed by atoms with van der Waals surface area (Å²) in [7, 11) is 0. The standard InChI is InChI=1S/C27H25NO5/c29-25(28-15-13-26(14-16-28)30-17-18-31-26)20-11-12-23-24(19-20)33-27(32-23,21-7-3-1-4-8-21)22-9-5-2-6-10-22/h1-12,19H,13-18H2. The molecule has 0 bridgehead atoms. The highest BCUT2D eigenvalue weighted by Gasteiger charge is 2.46. The van der Waals surface area contributed by atoms with E-state index < -0.39 is 11.6 Å². The van der Waals surface area contributed by atoms with Crippen molar-refractivity contribution in [1.82, 2.24) is 4.90 Å². The first-order valence-corrected chi connectivity index (χ1v) is 11.4. The van der Waals surface area contributed by atoms with Crippen LogP contribution in [0, 0.1) is 0 Å². The van der Waals surface area contributed by atoms with E-state index in [1.165, 1.54) is 0 Å². The number of ether oxygens (including phenoxy) is 4. The van der Waals surface area contributed by atoms with Crippen molar-refractivity contribution in [2.24, 2.45) is 0 Å². The third-order valence-corrected chi connectivity index (χ3v) is 6.63. The molecule has 0 atom stereocenters. The zero-order valence-corrected chi connectivity index (χ0v) is 18.2. The molecule has 33 heavy (non-hydrogen) atoms. The van der Waals surface area contributed by atoms with Gasteiger partial charge in [-0.1, -0.05) is 60.7 Å². The SMILES string of the molecule is O=C(c1ccc2c(c1)OC(c1ccccc1)(c1ccccc1)O2)N1CCC2(CC1)OCCO2. The smallest absolute Gasteiger partial charge is 0.305 e. The van der Waals surface area contributed by atoms with E-state index in [2.05, 4.69) is 0 Å². The molecule has 0 aromatic heterocycles. The highest BCUT2D eigenvalue weighted by molar-refractivity contribution is 5.95. The molecule has 1 amide bonds. The number of carbonyl (C=O) groups excluding carboxylic acids is 1.